The monoisotopic (exact) mass is 398 g/mol. The van der Waals surface area contributed by atoms with Gasteiger partial charge in [0.2, 0.25) is 0 Å². The van der Waals surface area contributed by atoms with Gasteiger partial charge in [0.05, 0.1) is 18.7 Å². The lowest BCUT2D eigenvalue weighted by molar-refractivity contribution is -0.119. The summed E-state index contributed by atoms with van der Waals surface area (Å²) in [7, 11) is 1.40. The number of carbonyl (C=O) groups is 2. The van der Waals surface area contributed by atoms with Gasteiger partial charge in [0.15, 0.2) is 18.1 Å². The maximum Gasteiger partial charge on any atom is 0.255 e. The molecule has 0 saturated carbocycles. The van der Waals surface area contributed by atoms with Gasteiger partial charge in [-0.05, 0) is 12.1 Å². The first-order chi connectivity index (χ1) is 12.3. The maximum absolute atomic E-state index is 12.4. The Morgan fingerprint density at radius 1 is 1.35 bits per heavy atom. The molecule has 1 aromatic heterocycles. The van der Waals surface area contributed by atoms with Crippen LogP contribution < -0.4 is 20.5 Å². The zero-order valence-corrected chi connectivity index (χ0v) is 16.1. The Labute approximate surface area is 159 Å². The van der Waals surface area contributed by atoms with E-state index in [1.54, 1.807) is 0 Å². The number of methoxy groups -OCH3 is 1. The Morgan fingerprint density at radius 2 is 2.08 bits per heavy atom. The van der Waals surface area contributed by atoms with E-state index in [9.17, 15) is 9.59 Å². The fraction of sp³-hybridized carbons (Fsp3) is 0.375. The summed E-state index contributed by atoms with van der Waals surface area (Å²) in [4.78, 5) is 23.2. The number of halogens is 1. The molecule has 2 amide bonds. The molecule has 1 aromatic carbocycles. The van der Waals surface area contributed by atoms with E-state index in [1.807, 2.05) is 13.8 Å². The quantitative estimate of drug-likeness (QED) is 0.703. The number of aromatic nitrogens is 2. The van der Waals surface area contributed by atoms with Crippen LogP contribution in [-0.2, 0) is 11.3 Å². The summed E-state index contributed by atoms with van der Waals surface area (Å²) >= 11 is 7.59. The number of amides is 2. The Morgan fingerprint density at radius 3 is 2.65 bits per heavy atom. The predicted octanol–water partition coefficient (Wildman–Crippen LogP) is 2.12. The van der Waals surface area contributed by atoms with Gasteiger partial charge in [-0.3, -0.25) is 9.59 Å². The van der Waals surface area contributed by atoms with Crippen LogP contribution in [0.25, 0.3) is 0 Å². The first-order valence-corrected chi connectivity index (χ1v) is 8.90. The van der Waals surface area contributed by atoms with Crippen molar-refractivity contribution in [3.8, 4) is 11.5 Å². The first kappa shape index (κ1) is 19.9. The third kappa shape index (κ3) is 5.06. The standard InChI is InChI=1S/C16H19ClN4O4S/c1-8(2)16-21-20-13(26-16)6-19-15(23)9-4-10(17)14(11(5-9)24-3)25-7-12(18)22/h4-5,8H,6-7H2,1-3H3,(H2,18,22)(H,19,23). The molecule has 0 saturated heterocycles. The lowest BCUT2D eigenvalue weighted by atomic mass is 10.2. The van der Waals surface area contributed by atoms with Crippen molar-refractivity contribution < 1.29 is 19.1 Å². The van der Waals surface area contributed by atoms with Crippen LogP contribution >= 0.6 is 22.9 Å². The molecule has 26 heavy (non-hydrogen) atoms. The third-order valence-electron chi connectivity index (χ3n) is 3.23. The number of primary amides is 1. The zero-order valence-electron chi connectivity index (χ0n) is 14.5. The number of rotatable bonds is 8. The molecule has 10 heteroatoms. The number of carbonyl (C=O) groups excluding carboxylic acids is 2. The molecule has 0 unspecified atom stereocenters. The van der Waals surface area contributed by atoms with Crippen molar-refractivity contribution in [3.05, 3.63) is 32.7 Å². The predicted molar refractivity (Wildman–Crippen MR) is 97.9 cm³/mol. The molecule has 0 aliphatic rings. The molecular formula is C16H19ClN4O4S. The van der Waals surface area contributed by atoms with E-state index in [-0.39, 0.29) is 47.1 Å². The lowest BCUT2D eigenvalue weighted by Gasteiger charge is -2.13. The van der Waals surface area contributed by atoms with E-state index in [4.69, 9.17) is 26.8 Å². The lowest BCUT2D eigenvalue weighted by Crippen LogP contribution is -2.23. The highest BCUT2D eigenvalue weighted by Crippen LogP contribution is 2.36. The summed E-state index contributed by atoms with van der Waals surface area (Å²) in [5, 5.41) is 12.6. The smallest absolute Gasteiger partial charge is 0.255 e. The number of hydrogen-bond acceptors (Lipinski definition) is 7. The van der Waals surface area contributed by atoms with Gasteiger partial charge in [0.25, 0.3) is 11.8 Å². The first-order valence-electron chi connectivity index (χ1n) is 7.71. The Hall–Kier alpha value is -2.39. The van der Waals surface area contributed by atoms with Crippen molar-refractivity contribution in [1.29, 1.82) is 0 Å². The largest absolute Gasteiger partial charge is 0.493 e. The molecule has 140 valence electrons. The zero-order chi connectivity index (χ0) is 19.3. The molecular weight excluding hydrogens is 380 g/mol. The number of benzene rings is 1. The topological polar surface area (TPSA) is 116 Å². The van der Waals surface area contributed by atoms with Crippen LogP contribution in [0.2, 0.25) is 5.02 Å². The molecule has 0 fully saturated rings. The van der Waals surface area contributed by atoms with E-state index in [2.05, 4.69) is 15.5 Å². The minimum Gasteiger partial charge on any atom is -0.493 e. The van der Waals surface area contributed by atoms with Crippen LogP contribution in [-0.4, -0.2) is 35.7 Å². The molecule has 3 N–H and O–H groups in total. The van der Waals surface area contributed by atoms with Crippen LogP contribution in [0.5, 0.6) is 11.5 Å². The summed E-state index contributed by atoms with van der Waals surface area (Å²) in [5.41, 5.74) is 5.34. The SMILES string of the molecule is COc1cc(C(=O)NCc2nnc(C(C)C)s2)cc(Cl)c1OCC(N)=O. The second-order valence-electron chi connectivity index (χ2n) is 5.62. The highest BCUT2D eigenvalue weighted by atomic mass is 35.5. The van der Waals surface area contributed by atoms with Crippen molar-refractivity contribution >= 4 is 34.8 Å². The molecule has 0 atom stereocenters. The van der Waals surface area contributed by atoms with E-state index in [0.717, 1.165) is 5.01 Å². The second-order valence-corrected chi connectivity index (χ2v) is 7.12. The van der Waals surface area contributed by atoms with E-state index < -0.39 is 5.91 Å². The van der Waals surface area contributed by atoms with Gasteiger partial charge in [-0.15, -0.1) is 10.2 Å². The van der Waals surface area contributed by atoms with Crippen LogP contribution in [0.15, 0.2) is 12.1 Å². The average Bonchev–Trinajstić information content (AvgIpc) is 3.07. The van der Waals surface area contributed by atoms with Gasteiger partial charge in [-0.25, -0.2) is 0 Å². The van der Waals surface area contributed by atoms with E-state index in [1.165, 1.54) is 30.6 Å². The highest BCUT2D eigenvalue weighted by molar-refractivity contribution is 7.11. The molecule has 0 spiro atoms. The van der Waals surface area contributed by atoms with Crippen molar-refractivity contribution in [2.45, 2.75) is 26.3 Å². The van der Waals surface area contributed by atoms with Crippen molar-refractivity contribution in [3.63, 3.8) is 0 Å². The number of hydrogen-bond donors (Lipinski definition) is 2. The van der Waals surface area contributed by atoms with Crippen LogP contribution in [0.1, 0.15) is 40.1 Å². The van der Waals surface area contributed by atoms with Gasteiger partial charge >= 0.3 is 0 Å². The van der Waals surface area contributed by atoms with Gasteiger partial charge in [-0.2, -0.15) is 0 Å². The normalized spacial score (nSPS) is 10.7. The summed E-state index contributed by atoms with van der Waals surface area (Å²) < 4.78 is 10.4. The molecule has 1 heterocycles. The molecule has 2 aromatic rings. The Kier molecular flexibility index (Phi) is 6.76. The number of nitrogens with zero attached hydrogens (tertiary/aromatic N) is 2. The third-order valence-corrected chi connectivity index (χ3v) is 4.73. The van der Waals surface area contributed by atoms with Gasteiger partial charge in [0.1, 0.15) is 10.0 Å². The molecule has 0 radical (unpaired) electrons. The number of nitrogens with one attached hydrogen (secondary N) is 1. The van der Waals surface area contributed by atoms with E-state index >= 15 is 0 Å². The molecule has 8 nitrogen and oxygen atoms in total. The summed E-state index contributed by atoms with van der Waals surface area (Å²) in [6.45, 7) is 3.96. The number of nitrogens with two attached hydrogens (primary N) is 1. The Balaban J connectivity index is 2.10. The van der Waals surface area contributed by atoms with Crippen LogP contribution in [0.4, 0.5) is 0 Å². The van der Waals surface area contributed by atoms with E-state index in [0.29, 0.717) is 5.01 Å². The molecule has 0 aliphatic carbocycles. The van der Waals surface area contributed by atoms with Gasteiger partial charge in [0, 0.05) is 11.5 Å². The fourth-order valence-corrected chi connectivity index (χ4v) is 3.01. The summed E-state index contributed by atoms with van der Waals surface area (Å²) in [6.07, 6.45) is 0. The van der Waals surface area contributed by atoms with Crippen LogP contribution in [0, 0.1) is 0 Å². The fourth-order valence-electron chi connectivity index (χ4n) is 1.96. The Bertz CT molecular complexity index is 810. The molecule has 0 aliphatic heterocycles. The second kappa shape index (κ2) is 8.81. The van der Waals surface area contributed by atoms with Gasteiger partial charge in [-0.1, -0.05) is 36.8 Å². The minimum absolute atomic E-state index is 0.133. The van der Waals surface area contributed by atoms with Crippen LogP contribution in [0.3, 0.4) is 0 Å². The average molecular weight is 399 g/mol. The number of ether oxygens (including phenoxy) is 2. The van der Waals surface area contributed by atoms with Crippen molar-refractivity contribution in [2.75, 3.05) is 13.7 Å². The summed E-state index contributed by atoms with van der Waals surface area (Å²) in [5.74, 6) is -0.346. The highest BCUT2D eigenvalue weighted by Gasteiger charge is 2.17. The van der Waals surface area contributed by atoms with Crippen molar-refractivity contribution in [2.24, 2.45) is 5.73 Å². The minimum atomic E-state index is -0.650. The van der Waals surface area contributed by atoms with Crippen molar-refractivity contribution in [1.82, 2.24) is 15.5 Å². The van der Waals surface area contributed by atoms with Gasteiger partial charge < -0.3 is 20.5 Å². The molecule has 2 rings (SSSR count). The summed E-state index contributed by atoms with van der Waals surface area (Å²) in [6, 6.07) is 2.90. The maximum atomic E-state index is 12.4. The molecule has 0 bridgehead atoms.